The van der Waals surface area contributed by atoms with Crippen molar-refractivity contribution in [2.75, 3.05) is 5.75 Å². The molecule has 0 fully saturated rings. The second-order valence-corrected chi connectivity index (χ2v) is 5.75. The zero-order valence-electron chi connectivity index (χ0n) is 10.3. The number of aromatic nitrogens is 3. The zero-order chi connectivity index (χ0) is 13.9. The van der Waals surface area contributed by atoms with Crippen molar-refractivity contribution in [1.29, 1.82) is 0 Å². The summed E-state index contributed by atoms with van der Waals surface area (Å²) in [5.41, 5.74) is 7.83. The highest BCUT2D eigenvalue weighted by atomic mass is 32.2. The summed E-state index contributed by atoms with van der Waals surface area (Å²) in [7, 11) is 0. The molecule has 0 aliphatic carbocycles. The molecule has 0 aliphatic rings. The van der Waals surface area contributed by atoms with Gasteiger partial charge in [0.15, 0.2) is 0 Å². The van der Waals surface area contributed by atoms with Crippen molar-refractivity contribution in [3.63, 3.8) is 0 Å². The topological polar surface area (TPSA) is 81.8 Å². The number of amides is 1. The van der Waals surface area contributed by atoms with Crippen LogP contribution < -0.4 is 5.73 Å². The van der Waals surface area contributed by atoms with Gasteiger partial charge in [0.2, 0.25) is 5.91 Å². The van der Waals surface area contributed by atoms with Gasteiger partial charge in [-0.2, -0.15) is 4.37 Å². The third kappa shape index (κ3) is 2.50. The van der Waals surface area contributed by atoms with Gasteiger partial charge in [-0.15, -0.1) is 0 Å². The first-order valence-electron chi connectivity index (χ1n) is 5.82. The van der Waals surface area contributed by atoms with Gasteiger partial charge in [0.05, 0.1) is 5.75 Å². The number of rotatable bonds is 4. The van der Waals surface area contributed by atoms with E-state index in [9.17, 15) is 4.79 Å². The molecule has 2 aromatic heterocycles. The summed E-state index contributed by atoms with van der Waals surface area (Å²) in [5.74, 6) is -0.167. The molecule has 20 heavy (non-hydrogen) atoms. The first kappa shape index (κ1) is 13.0. The first-order valence-corrected chi connectivity index (χ1v) is 7.58. The largest absolute Gasteiger partial charge is 0.369 e. The van der Waals surface area contributed by atoms with Crippen LogP contribution in [-0.2, 0) is 4.79 Å². The van der Waals surface area contributed by atoms with E-state index in [1.165, 1.54) is 29.6 Å². The normalized spacial score (nSPS) is 10.8. The van der Waals surface area contributed by atoms with Gasteiger partial charge < -0.3 is 5.73 Å². The number of nitrogens with zero attached hydrogens (tertiary/aromatic N) is 3. The number of nitrogens with two attached hydrogens (primary N) is 1. The Bertz CT molecular complexity index is 757. The lowest BCUT2D eigenvalue weighted by molar-refractivity contribution is -0.115. The number of carbonyl (C=O) groups excluding carboxylic acids is 1. The minimum absolute atomic E-state index is 0.199. The molecule has 1 aromatic carbocycles. The predicted molar refractivity (Wildman–Crippen MR) is 80.6 cm³/mol. The number of benzene rings is 1. The summed E-state index contributed by atoms with van der Waals surface area (Å²) < 4.78 is 5.35. The molecule has 2 heterocycles. The number of fused-ring (bicyclic) bond motifs is 1. The molecule has 0 spiro atoms. The minimum Gasteiger partial charge on any atom is -0.369 e. The predicted octanol–water partition coefficient (Wildman–Crippen LogP) is 2.33. The molecule has 100 valence electrons. The van der Waals surface area contributed by atoms with Crippen molar-refractivity contribution in [1.82, 2.24) is 14.3 Å². The Morgan fingerprint density at radius 1 is 1.25 bits per heavy atom. The van der Waals surface area contributed by atoms with Crippen molar-refractivity contribution in [2.45, 2.75) is 5.03 Å². The monoisotopic (exact) mass is 302 g/mol. The molecule has 0 unspecified atom stereocenters. The highest BCUT2D eigenvalue weighted by Crippen LogP contribution is 2.33. The van der Waals surface area contributed by atoms with Gasteiger partial charge in [-0.05, 0) is 11.5 Å². The van der Waals surface area contributed by atoms with Crippen LogP contribution in [0.15, 0.2) is 41.7 Å². The van der Waals surface area contributed by atoms with Crippen molar-refractivity contribution >= 4 is 39.4 Å². The average Bonchev–Trinajstić information content (AvgIpc) is 2.90. The SMILES string of the molecule is NC(=O)CSc1ncnc2c(-c3ccccc3)nsc12. The van der Waals surface area contributed by atoms with Crippen LogP contribution in [0.3, 0.4) is 0 Å². The van der Waals surface area contributed by atoms with E-state index in [2.05, 4.69) is 14.3 Å². The number of hydrogen-bond donors (Lipinski definition) is 1. The maximum absolute atomic E-state index is 10.9. The van der Waals surface area contributed by atoms with Crippen LogP contribution in [0, 0.1) is 0 Å². The highest BCUT2D eigenvalue weighted by molar-refractivity contribution is 8.00. The van der Waals surface area contributed by atoms with Gasteiger partial charge in [-0.1, -0.05) is 42.1 Å². The van der Waals surface area contributed by atoms with E-state index in [0.29, 0.717) is 0 Å². The Kier molecular flexibility index (Phi) is 3.62. The summed E-state index contributed by atoms with van der Waals surface area (Å²) in [6, 6.07) is 9.87. The third-order valence-electron chi connectivity index (χ3n) is 2.62. The summed E-state index contributed by atoms with van der Waals surface area (Å²) >= 11 is 2.65. The lowest BCUT2D eigenvalue weighted by Crippen LogP contribution is -2.13. The molecule has 5 nitrogen and oxygen atoms in total. The Hall–Kier alpha value is -1.99. The molecule has 1 amide bonds. The fourth-order valence-electron chi connectivity index (χ4n) is 1.77. The van der Waals surface area contributed by atoms with E-state index in [1.807, 2.05) is 30.3 Å². The first-order chi connectivity index (χ1) is 9.75. The van der Waals surface area contributed by atoms with E-state index >= 15 is 0 Å². The highest BCUT2D eigenvalue weighted by Gasteiger charge is 2.14. The molecule has 0 saturated carbocycles. The molecule has 0 atom stereocenters. The Morgan fingerprint density at radius 2 is 2.05 bits per heavy atom. The molecule has 0 radical (unpaired) electrons. The molecule has 3 aromatic rings. The molecular formula is C13H10N4OS2. The van der Waals surface area contributed by atoms with Gasteiger partial charge >= 0.3 is 0 Å². The van der Waals surface area contributed by atoms with E-state index in [1.54, 1.807) is 0 Å². The second kappa shape index (κ2) is 5.56. The maximum Gasteiger partial charge on any atom is 0.227 e. The zero-order valence-corrected chi connectivity index (χ0v) is 11.9. The quantitative estimate of drug-likeness (QED) is 0.591. The van der Waals surface area contributed by atoms with Gasteiger partial charge in [0.25, 0.3) is 0 Å². The Balaban J connectivity index is 2.06. The number of thioether (sulfide) groups is 1. The molecular weight excluding hydrogens is 292 g/mol. The van der Waals surface area contributed by atoms with E-state index in [4.69, 9.17) is 5.73 Å². The number of hydrogen-bond acceptors (Lipinski definition) is 6. The second-order valence-electron chi connectivity index (χ2n) is 4.01. The third-order valence-corrected chi connectivity index (χ3v) is 4.61. The van der Waals surface area contributed by atoms with Gasteiger partial charge in [-0.3, -0.25) is 4.79 Å². The Labute approximate surface area is 123 Å². The van der Waals surface area contributed by atoms with Crippen molar-refractivity contribution in [3.05, 3.63) is 36.7 Å². The standard InChI is InChI=1S/C13H10N4OS2/c14-9(18)6-19-13-12-11(15-7-16-13)10(17-20-12)8-4-2-1-3-5-8/h1-5,7H,6H2,(H2,14,18). The van der Waals surface area contributed by atoms with Crippen LogP contribution in [-0.4, -0.2) is 26.0 Å². The smallest absolute Gasteiger partial charge is 0.227 e. The maximum atomic E-state index is 10.9. The van der Waals surface area contributed by atoms with E-state index in [0.717, 1.165) is 26.5 Å². The van der Waals surface area contributed by atoms with E-state index in [-0.39, 0.29) is 11.7 Å². The van der Waals surface area contributed by atoms with Crippen LogP contribution in [0.1, 0.15) is 0 Å². The van der Waals surface area contributed by atoms with Crippen LogP contribution in [0.5, 0.6) is 0 Å². The Morgan fingerprint density at radius 3 is 2.80 bits per heavy atom. The van der Waals surface area contributed by atoms with Crippen LogP contribution in [0.2, 0.25) is 0 Å². The number of carbonyl (C=O) groups is 1. The van der Waals surface area contributed by atoms with Gasteiger partial charge in [0, 0.05) is 5.56 Å². The molecule has 2 N–H and O–H groups in total. The summed E-state index contributed by atoms with van der Waals surface area (Å²) in [5, 5.41) is 0.744. The molecule has 0 aliphatic heterocycles. The van der Waals surface area contributed by atoms with Crippen LogP contribution >= 0.6 is 23.3 Å². The van der Waals surface area contributed by atoms with E-state index < -0.39 is 0 Å². The van der Waals surface area contributed by atoms with Gasteiger partial charge in [-0.25, -0.2) is 9.97 Å². The van der Waals surface area contributed by atoms with Crippen molar-refractivity contribution in [3.8, 4) is 11.3 Å². The summed E-state index contributed by atoms with van der Waals surface area (Å²) in [6.45, 7) is 0. The van der Waals surface area contributed by atoms with Crippen LogP contribution in [0.4, 0.5) is 0 Å². The molecule has 0 saturated heterocycles. The molecule has 3 rings (SSSR count). The summed E-state index contributed by atoms with van der Waals surface area (Å²) in [6.07, 6.45) is 1.49. The lowest BCUT2D eigenvalue weighted by atomic mass is 10.1. The fraction of sp³-hybridized carbons (Fsp3) is 0.0769. The van der Waals surface area contributed by atoms with Crippen molar-refractivity contribution < 1.29 is 4.79 Å². The molecule has 7 heteroatoms. The average molecular weight is 302 g/mol. The lowest BCUT2D eigenvalue weighted by Gasteiger charge is -2.00. The molecule has 0 bridgehead atoms. The fourth-order valence-corrected chi connectivity index (χ4v) is 3.43. The van der Waals surface area contributed by atoms with Crippen LogP contribution in [0.25, 0.3) is 21.5 Å². The number of primary amides is 1. The van der Waals surface area contributed by atoms with Gasteiger partial charge in [0.1, 0.15) is 27.3 Å². The minimum atomic E-state index is -0.366. The summed E-state index contributed by atoms with van der Waals surface area (Å²) in [4.78, 5) is 19.4. The van der Waals surface area contributed by atoms with Crippen molar-refractivity contribution in [2.24, 2.45) is 5.73 Å².